The number of thioether (sulfide) groups is 1. The molecular weight excluding hydrogens is 317 g/mol. The van der Waals surface area contributed by atoms with Gasteiger partial charge in [-0.25, -0.2) is 0 Å². The molecular formula is C14H17Cl2NO2S. The minimum atomic E-state index is -0.735. The van der Waals surface area contributed by atoms with Gasteiger partial charge in [0.15, 0.2) is 0 Å². The first kappa shape index (κ1) is 16.0. The second kappa shape index (κ2) is 7.55. The Morgan fingerprint density at radius 3 is 2.75 bits per heavy atom. The van der Waals surface area contributed by atoms with Crippen molar-refractivity contribution >= 4 is 40.9 Å². The summed E-state index contributed by atoms with van der Waals surface area (Å²) in [6.07, 6.45) is 2.57. The van der Waals surface area contributed by atoms with Gasteiger partial charge in [0.2, 0.25) is 0 Å². The van der Waals surface area contributed by atoms with E-state index in [1.54, 1.807) is 23.9 Å². The van der Waals surface area contributed by atoms with E-state index in [4.69, 9.17) is 28.3 Å². The standard InChI is InChI=1S/C14H17Cl2NO2S/c15-10-1-4-12(16)13(9-10)20-8-7-17(11-2-3-11)6-5-14(18)19/h1,4,9,11H,2-3,5-8H2,(H,18,19). The van der Waals surface area contributed by atoms with E-state index in [0.717, 1.165) is 17.2 Å². The van der Waals surface area contributed by atoms with Crippen molar-refractivity contribution < 1.29 is 9.90 Å². The first-order chi connectivity index (χ1) is 9.56. The van der Waals surface area contributed by atoms with E-state index in [1.165, 1.54) is 12.8 Å². The average molecular weight is 334 g/mol. The van der Waals surface area contributed by atoms with Crippen LogP contribution in [0.3, 0.4) is 0 Å². The molecule has 1 saturated carbocycles. The molecule has 0 radical (unpaired) electrons. The lowest BCUT2D eigenvalue weighted by molar-refractivity contribution is -0.137. The maximum absolute atomic E-state index is 10.7. The summed E-state index contributed by atoms with van der Waals surface area (Å²) in [7, 11) is 0. The fourth-order valence-corrected chi connectivity index (χ4v) is 3.50. The second-order valence-corrected chi connectivity index (χ2v) is 6.81. The van der Waals surface area contributed by atoms with Gasteiger partial charge in [-0.15, -0.1) is 11.8 Å². The number of halogens is 2. The number of nitrogens with zero attached hydrogens (tertiary/aromatic N) is 1. The van der Waals surface area contributed by atoms with Crippen LogP contribution in [0.4, 0.5) is 0 Å². The fourth-order valence-electron chi connectivity index (χ4n) is 2.02. The van der Waals surface area contributed by atoms with Gasteiger partial charge in [-0.2, -0.15) is 0 Å². The fraction of sp³-hybridized carbons (Fsp3) is 0.500. The summed E-state index contributed by atoms with van der Waals surface area (Å²) in [5, 5.41) is 10.2. The van der Waals surface area contributed by atoms with E-state index < -0.39 is 5.97 Å². The zero-order valence-corrected chi connectivity index (χ0v) is 13.3. The van der Waals surface area contributed by atoms with Gasteiger partial charge in [-0.1, -0.05) is 23.2 Å². The van der Waals surface area contributed by atoms with Crippen molar-refractivity contribution in [3.05, 3.63) is 28.2 Å². The van der Waals surface area contributed by atoms with Crippen LogP contribution in [0.5, 0.6) is 0 Å². The molecule has 20 heavy (non-hydrogen) atoms. The highest BCUT2D eigenvalue weighted by Gasteiger charge is 2.28. The highest BCUT2D eigenvalue weighted by atomic mass is 35.5. The Kier molecular flexibility index (Phi) is 6.02. The number of carboxylic acids is 1. The summed E-state index contributed by atoms with van der Waals surface area (Å²) in [5.41, 5.74) is 0. The van der Waals surface area contributed by atoms with Crippen molar-refractivity contribution in [3.8, 4) is 0 Å². The molecule has 110 valence electrons. The van der Waals surface area contributed by atoms with E-state index in [0.29, 0.717) is 22.6 Å². The Labute approximate surface area is 133 Å². The molecule has 0 spiro atoms. The van der Waals surface area contributed by atoms with Crippen LogP contribution in [0, 0.1) is 0 Å². The molecule has 0 atom stereocenters. The van der Waals surface area contributed by atoms with Crippen molar-refractivity contribution in [1.82, 2.24) is 4.90 Å². The Balaban J connectivity index is 1.80. The predicted octanol–water partition coefficient (Wildman–Crippen LogP) is 4.02. The smallest absolute Gasteiger partial charge is 0.304 e. The molecule has 0 aromatic heterocycles. The average Bonchev–Trinajstić information content (AvgIpc) is 3.21. The summed E-state index contributed by atoms with van der Waals surface area (Å²) in [6, 6.07) is 6.02. The summed E-state index contributed by atoms with van der Waals surface area (Å²) in [5.74, 6) is 0.150. The molecule has 1 aromatic carbocycles. The van der Waals surface area contributed by atoms with Gasteiger partial charge >= 0.3 is 5.97 Å². The number of hydrogen-bond acceptors (Lipinski definition) is 3. The van der Waals surface area contributed by atoms with Crippen LogP contribution >= 0.6 is 35.0 Å². The van der Waals surface area contributed by atoms with Crippen molar-refractivity contribution in [2.24, 2.45) is 0 Å². The van der Waals surface area contributed by atoms with Crippen LogP contribution in [-0.2, 0) is 4.79 Å². The largest absolute Gasteiger partial charge is 0.481 e. The number of aliphatic carboxylic acids is 1. The Hall–Kier alpha value is -0.420. The summed E-state index contributed by atoms with van der Waals surface area (Å²) >= 11 is 13.7. The van der Waals surface area contributed by atoms with Gasteiger partial charge in [0.1, 0.15) is 0 Å². The maximum atomic E-state index is 10.7. The molecule has 0 amide bonds. The number of rotatable bonds is 8. The van der Waals surface area contributed by atoms with E-state index in [1.807, 2.05) is 6.07 Å². The lowest BCUT2D eigenvalue weighted by atomic mass is 10.3. The molecule has 1 aliphatic carbocycles. The van der Waals surface area contributed by atoms with Gasteiger partial charge in [0, 0.05) is 34.8 Å². The third kappa shape index (κ3) is 5.17. The van der Waals surface area contributed by atoms with Crippen LogP contribution in [-0.4, -0.2) is 40.9 Å². The highest BCUT2D eigenvalue weighted by molar-refractivity contribution is 7.99. The van der Waals surface area contributed by atoms with Crippen LogP contribution in [0.1, 0.15) is 19.3 Å². The molecule has 0 bridgehead atoms. The number of benzene rings is 1. The third-order valence-electron chi connectivity index (χ3n) is 3.21. The summed E-state index contributed by atoms with van der Waals surface area (Å²) in [6.45, 7) is 1.51. The lowest BCUT2D eigenvalue weighted by Gasteiger charge is -2.20. The summed E-state index contributed by atoms with van der Waals surface area (Å²) < 4.78 is 0. The number of hydrogen-bond donors (Lipinski definition) is 1. The molecule has 3 nitrogen and oxygen atoms in total. The number of carboxylic acid groups (broad SMARTS) is 1. The quantitative estimate of drug-likeness (QED) is 0.729. The molecule has 1 N–H and O–H groups in total. The van der Waals surface area contributed by atoms with Crippen molar-refractivity contribution in [2.45, 2.75) is 30.2 Å². The van der Waals surface area contributed by atoms with E-state index in [2.05, 4.69) is 4.90 Å². The minimum Gasteiger partial charge on any atom is -0.481 e. The maximum Gasteiger partial charge on any atom is 0.304 e. The molecule has 0 unspecified atom stereocenters. The van der Waals surface area contributed by atoms with Crippen molar-refractivity contribution in [3.63, 3.8) is 0 Å². The van der Waals surface area contributed by atoms with Gasteiger partial charge in [-0.3, -0.25) is 9.69 Å². The van der Waals surface area contributed by atoms with Crippen LogP contribution < -0.4 is 0 Å². The molecule has 2 rings (SSSR count). The first-order valence-corrected chi connectivity index (χ1v) is 8.34. The van der Waals surface area contributed by atoms with Gasteiger partial charge in [-0.05, 0) is 31.0 Å². The third-order valence-corrected chi connectivity index (χ3v) is 4.92. The minimum absolute atomic E-state index is 0.207. The van der Waals surface area contributed by atoms with Crippen molar-refractivity contribution in [2.75, 3.05) is 18.8 Å². The molecule has 0 heterocycles. The molecule has 1 aromatic rings. The lowest BCUT2D eigenvalue weighted by Crippen LogP contribution is -2.30. The second-order valence-electron chi connectivity index (χ2n) is 4.83. The molecule has 1 aliphatic rings. The normalized spacial score (nSPS) is 14.8. The monoisotopic (exact) mass is 333 g/mol. The Morgan fingerprint density at radius 1 is 1.35 bits per heavy atom. The van der Waals surface area contributed by atoms with Crippen molar-refractivity contribution in [1.29, 1.82) is 0 Å². The first-order valence-electron chi connectivity index (χ1n) is 6.60. The van der Waals surface area contributed by atoms with Gasteiger partial charge in [0.25, 0.3) is 0 Å². The van der Waals surface area contributed by atoms with E-state index >= 15 is 0 Å². The van der Waals surface area contributed by atoms with Crippen LogP contribution in [0.25, 0.3) is 0 Å². The number of carbonyl (C=O) groups is 1. The van der Waals surface area contributed by atoms with Gasteiger partial charge < -0.3 is 5.11 Å². The topological polar surface area (TPSA) is 40.5 Å². The predicted molar refractivity (Wildman–Crippen MR) is 84.0 cm³/mol. The van der Waals surface area contributed by atoms with Crippen LogP contribution in [0.2, 0.25) is 10.0 Å². The molecule has 6 heteroatoms. The van der Waals surface area contributed by atoms with Crippen LogP contribution in [0.15, 0.2) is 23.1 Å². The van der Waals surface area contributed by atoms with E-state index in [9.17, 15) is 4.79 Å². The molecule has 1 fully saturated rings. The SMILES string of the molecule is O=C(O)CCN(CCSc1cc(Cl)ccc1Cl)C1CC1. The highest BCUT2D eigenvalue weighted by Crippen LogP contribution is 2.31. The zero-order chi connectivity index (χ0) is 14.5. The Bertz CT molecular complexity index is 480. The zero-order valence-electron chi connectivity index (χ0n) is 11.0. The Morgan fingerprint density at radius 2 is 2.10 bits per heavy atom. The summed E-state index contributed by atoms with van der Waals surface area (Å²) in [4.78, 5) is 13.9. The van der Waals surface area contributed by atoms with Gasteiger partial charge in [0.05, 0.1) is 11.4 Å². The molecule has 0 aliphatic heterocycles. The van der Waals surface area contributed by atoms with E-state index in [-0.39, 0.29) is 6.42 Å². The molecule has 0 saturated heterocycles.